The molecule has 0 aliphatic heterocycles. The van der Waals surface area contributed by atoms with E-state index in [9.17, 15) is 8.42 Å². The van der Waals surface area contributed by atoms with Crippen LogP contribution >= 0.6 is 11.6 Å². The Balaban J connectivity index is 2.51. The number of hydrogen-bond donors (Lipinski definition) is 1. The van der Waals surface area contributed by atoms with Crippen molar-refractivity contribution >= 4 is 27.7 Å². The second kappa shape index (κ2) is 7.53. The maximum atomic E-state index is 11.6. The van der Waals surface area contributed by atoms with Crippen LogP contribution in [0, 0.1) is 0 Å². The van der Waals surface area contributed by atoms with E-state index in [4.69, 9.17) is 16.3 Å². The van der Waals surface area contributed by atoms with E-state index < -0.39 is 10.0 Å². The van der Waals surface area contributed by atoms with Crippen molar-refractivity contribution in [1.82, 2.24) is 4.72 Å². The minimum absolute atomic E-state index is 0.362. The fraction of sp³-hybridized carbons (Fsp3) is 0.333. The Morgan fingerprint density at radius 3 is 2.61 bits per heavy atom. The van der Waals surface area contributed by atoms with Gasteiger partial charge in [-0.25, -0.2) is 13.1 Å². The lowest BCUT2D eigenvalue weighted by Gasteiger charge is -2.02. The van der Waals surface area contributed by atoms with Crippen LogP contribution in [0.2, 0.25) is 5.02 Å². The highest BCUT2D eigenvalue weighted by atomic mass is 35.5. The van der Waals surface area contributed by atoms with E-state index in [1.165, 1.54) is 6.08 Å². The molecule has 0 fully saturated rings. The van der Waals surface area contributed by atoms with Gasteiger partial charge in [-0.2, -0.15) is 0 Å². The topological polar surface area (TPSA) is 55.4 Å². The van der Waals surface area contributed by atoms with Gasteiger partial charge in [0.15, 0.2) is 0 Å². The summed E-state index contributed by atoms with van der Waals surface area (Å²) >= 11 is 5.73. The molecule has 6 heteroatoms. The molecule has 0 radical (unpaired) electrons. The third kappa shape index (κ3) is 6.16. The highest BCUT2D eigenvalue weighted by molar-refractivity contribution is 7.92. The molecule has 0 bridgehead atoms. The first-order valence-electron chi connectivity index (χ1n) is 5.46. The van der Waals surface area contributed by atoms with Gasteiger partial charge in [-0.05, 0) is 30.2 Å². The SMILES string of the molecule is COCCCNS(=O)(=O)/C=C/c1ccc(Cl)cc1. The maximum absolute atomic E-state index is 11.6. The van der Waals surface area contributed by atoms with Crippen molar-refractivity contribution in [2.75, 3.05) is 20.3 Å². The summed E-state index contributed by atoms with van der Waals surface area (Å²) in [5.41, 5.74) is 0.779. The van der Waals surface area contributed by atoms with Crippen molar-refractivity contribution in [2.45, 2.75) is 6.42 Å². The van der Waals surface area contributed by atoms with E-state index in [1.54, 1.807) is 31.4 Å². The van der Waals surface area contributed by atoms with Crippen LogP contribution in [0.3, 0.4) is 0 Å². The molecule has 0 amide bonds. The summed E-state index contributed by atoms with van der Waals surface area (Å²) in [6.45, 7) is 0.893. The van der Waals surface area contributed by atoms with Crippen LogP contribution in [0.15, 0.2) is 29.7 Å². The van der Waals surface area contributed by atoms with Gasteiger partial charge in [0.2, 0.25) is 10.0 Å². The smallest absolute Gasteiger partial charge is 0.233 e. The lowest BCUT2D eigenvalue weighted by atomic mass is 10.2. The predicted octanol–water partition coefficient (Wildman–Crippen LogP) is 2.27. The van der Waals surface area contributed by atoms with Crippen LogP contribution in [0.5, 0.6) is 0 Å². The highest BCUT2D eigenvalue weighted by Crippen LogP contribution is 2.10. The summed E-state index contributed by atoms with van der Waals surface area (Å²) in [6.07, 6.45) is 2.17. The lowest BCUT2D eigenvalue weighted by molar-refractivity contribution is 0.196. The summed E-state index contributed by atoms with van der Waals surface area (Å²) < 4.78 is 30.4. The Bertz CT molecular complexity index is 483. The van der Waals surface area contributed by atoms with Crippen molar-refractivity contribution < 1.29 is 13.2 Å². The lowest BCUT2D eigenvalue weighted by Crippen LogP contribution is -2.23. The van der Waals surface area contributed by atoms with Gasteiger partial charge in [0.25, 0.3) is 0 Å². The number of sulfonamides is 1. The Labute approximate surface area is 113 Å². The number of ether oxygens (including phenoxy) is 1. The summed E-state index contributed by atoms with van der Waals surface area (Å²) in [5, 5.41) is 1.76. The maximum Gasteiger partial charge on any atom is 0.233 e. The van der Waals surface area contributed by atoms with Crippen molar-refractivity contribution in [3.63, 3.8) is 0 Å². The predicted molar refractivity (Wildman–Crippen MR) is 73.9 cm³/mol. The van der Waals surface area contributed by atoms with Crippen molar-refractivity contribution in [3.05, 3.63) is 40.3 Å². The van der Waals surface area contributed by atoms with Crippen LogP contribution in [0.4, 0.5) is 0 Å². The van der Waals surface area contributed by atoms with Gasteiger partial charge in [-0.3, -0.25) is 0 Å². The number of rotatable bonds is 7. The fourth-order valence-electron chi connectivity index (χ4n) is 1.22. The molecule has 1 N–H and O–H groups in total. The zero-order valence-electron chi connectivity index (χ0n) is 10.1. The first kappa shape index (κ1) is 15.2. The third-order valence-electron chi connectivity index (χ3n) is 2.14. The molecule has 0 atom stereocenters. The second-order valence-corrected chi connectivity index (χ2v) is 5.73. The van der Waals surface area contributed by atoms with E-state index in [-0.39, 0.29) is 0 Å². The number of methoxy groups -OCH3 is 1. The molecular formula is C12H16ClNO3S. The average Bonchev–Trinajstić information content (AvgIpc) is 2.34. The molecule has 0 saturated carbocycles. The first-order valence-corrected chi connectivity index (χ1v) is 7.38. The van der Waals surface area contributed by atoms with Gasteiger partial charge < -0.3 is 4.74 Å². The van der Waals surface area contributed by atoms with E-state index in [0.717, 1.165) is 11.0 Å². The van der Waals surface area contributed by atoms with Crippen molar-refractivity contribution in [2.24, 2.45) is 0 Å². The molecule has 0 aliphatic carbocycles. The Hall–Kier alpha value is -0.880. The molecule has 18 heavy (non-hydrogen) atoms. The summed E-state index contributed by atoms with van der Waals surface area (Å²) in [7, 11) is -1.81. The van der Waals surface area contributed by atoms with Crippen molar-refractivity contribution in [3.8, 4) is 0 Å². The zero-order valence-corrected chi connectivity index (χ0v) is 11.7. The van der Waals surface area contributed by atoms with Gasteiger partial charge >= 0.3 is 0 Å². The molecule has 0 aromatic heterocycles. The standard InChI is InChI=1S/C12H16ClNO3S/c1-17-9-2-8-14-18(15,16)10-7-11-3-5-12(13)6-4-11/h3-7,10,14H,2,8-9H2,1H3/b10-7+. The highest BCUT2D eigenvalue weighted by Gasteiger charge is 2.03. The molecule has 100 valence electrons. The van der Waals surface area contributed by atoms with Gasteiger partial charge in [-0.1, -0.05) is 23.7 Å². The largest absolute Gasteiger partial charge is 0.385 e. The number of hydrogen-bond acceptors (Lipinski definition) is 3. The van der Waals surface area contributed by atoms with E-state index in [1.807, 2.05) is 0 Å². The Kier molecular flexibility index (Phi) is 6.35. The third-order valence-corrected chi connectivity index (χ3v) is 3.49. The minimum atomic E-state index is -3.39. The summed E-state index contributed by atoms with van der Waals surface area (Å²) in [4.78, 5) is 0. The molecule has 1 aromatic carbocycles. The molecule has 1 rings (SSSR count). The Morgan fingerprint density at radius 2 is 2.00 bits per heavy atom. The van der Waals surface area contributed by atoms with Crippen LogP contribution in [0.25, 0.3) is 6.08 Å². The Morgan fingerprint density at radius 1 is 1.33 bits per heavy atom. The van der Waals surface area contributed by atoms with Gasteiger partial charge in [-0.15, -0.1) is 0 Å². The fourth-order valence-corrected chi connectivity index (χ4v) is 2.21. The van der Waals surface area contributed by atoms with Crippen LogP contribution < -0.4 is 4.72 Å². The van der Waals surface area contributed by atoms with Crippen LogP contribution in [0.1, 0.15) is 12.0 Å². The average molecular weight is 290 g/mol. The molecule has 0 spiro atoms. The molecule has 4 nitrogen and oxygen atoms in total. The number of benzene rings is 1. The molecule has 0 heterocycles. The summed E-state index contributed by atoms with van der Waals surface area (Å²) in [6, 6.07) is 6.91. The molecule has 1 aromatic rings. The van der Waals surface area contributed by atoms with E-state index >= 15 is 0 Å². The van der Waals surface area contributed by atoms with Crippen molar-refractivity contribution in [1.29, 1.82) is 0 Å². The first-order chi connectivity index (χ1) is 8.53. The van der Waals surface area contributed by atoms with Crippen LogP contribution in [-0.4, -0.2) is 28.7 Å². The number of halogens is 1. The second-order valence-electron chi connectivity index (χ2n) is 3.64. The quantitative estimate of drug-likeness (QED) is 0.784. The molecule has 0 saturated heterocycles. The molecule has 0 aliphatic rings. The van der Waals surface area contributed by atoms with Gasteiger partial charge in [0, 0.05) is 30.7 Å². The van der Waals surface area contributed by atoms with E-state index in [0.29, 0.717) is 24.6 Å². The minimum Gasteiger partial charge on any atom is -0.385 e. The molecular weight excluding hydrogens is 274 g/mol. The normalized spacial score (nSPS) is 12.1. The molecule has 0 unspecified atom stereocenters. The van der Waals surface area contributed by atoms with Gasteiger partial charge in [0.05, 0.1) is 0 Å². The summed E-state index contributed by atoms with van der Waals surface area (Å²) in [5.74, 6) is 0. The van der Waals surface area contributed by atoms with Gasteiger partial charge in [0.1, 0.15) is 0 Å². The monoisotopic (exact) mass is 289 g/mol. The number of nitrogens with one attached hydrogen (secondary N) is 1. The van der Waals surface area contributed by atoms with Crippen LogP contribution in [-0.2, 0) is 14.8 Å². The van der Waals surface area contributed by atoms with E-state index in [2.05, 4.69) is 4.72 Å². The zero-order chi connectivity index (χ0) is 13.4.